The van der Waals surface area contributed by atoms with Gasteiger partial charge in [0, 0.05) is 7.11 Å². The van der Waals surface area contributed by atoms with E-state index in [1.54, 1.807) is 7.11 Å². The summed E-state index contributed by atoms with van der Waals surface area (Å²) in [4.78, 5) is 0. The van der Waals surface area contributed by atoms with Gasteiger partial charge in [0.2, 0.25) is 0 Å². The largest absolute Gasteiger partial charge is 0.381 e. The van der Waals surface area contributed by atoms with Crippen LogP contribution in [0.5, 0.6) is 0 Å². The van der Waals surface area contributed by atoms with Gasteiger partial charge in [0.25, 0.3) is 0 Å². The Bertz CT molecular complexity index is 74.6. The molecule has 0 rings (SSSR count). The Kier molecular flexibility index (Phi) is 3.35. The zero-order valence-corrected chi connectivity index (χ0v) is 4.64. The summed E-state index contributed by atoms with van der Waals surface area (Å²) in [5.41, 5.74) is 0. The molecule has 0 aliphatic heterocycles. The van der Waals surface area contributed by atoms with E-state index in [2.05, 4.69) is 0 Å². The van der Waals surface area contributed by atoms with Gasteiger partial charge < -0.3 is 4.74 Å². The minimum atomic E-state index is 0.0880. The van der Waals surface area contributed by atoms with Gasteiger partial charge in [0.15, 0.2) is 0 Å². The highest BCUT2D eigenvalue weighted by atomic mass is 16.5. The van der Waals surface area contributed by atoms with E-state index >= 15 is 0 Å². The molecule has 2 heteroatoms. The third kappa shape index (κ3) is 3.28. The van der Waals surface area contributed by atoms with E-state index in [1.807, 2.05) is 13.0 Å². The van der Waals surface area contributed by atoms with Gasteiger partial charge in [-0.1, -0.05) is 0 Å². The van der Waals surface area contributed by atoms with Gasteiger partial charge in [-0.2, -0.15) is 5.26 Å². The van der Waals surface area contributed by atoms with E-state index in [0.717, 1.165) is 0 Å². The lowest BCUT2D eigenvalue weighted by Crippen LogP contribution is -2.01. The van der Waals surface area contributed by atoms with Crippen molar-refractivity contribution in [2.75, 3.05) is 7.11 Å². The molecule has 0 aromatic heterocycles. The van der Waals surface area contributed by atoms with E-state index in [4.69, 9.17) is 10.00 Å². The molecule has 0 saturated carbocycles. The van der Waals surface area contributed by atoms with Crippen molar-refractivity contribution < 1.29 is 4.74 Å². The summed E-state index contributed by atoms with van der Waals surface area (Å²) in [7, 11) is 1.60. The fourth-order valence-electron chi connectivity index (χ4n) is 0.212. The van der Waals surface area contributed by atoms with Crippen LogP contribution >= 0.6 is 0 Å². The van der Waals surface area contributed by atoms with Crippen molar-refractivity contribution in [2.45, 2.75) is 19.4 Å². The first-order valence-corrected chi connectivity index (χ1v) is 2.21. The number of nitrogens with zero attached hydrogens (tertiary/aromatic N) is 1. The van der Waals surface area contributed by atoms with Gasteiger partial charge in [-0.05, 0) is 6.92 Å². The first kappa shape index (κ1) is 6.45. The van der Waals surface area contributed by atoms with Gasteiger partial charge in [0.1, 0.15) is 0 Å². The van der Waals surface area contributed by atoms with Crippen LogP contribution in [0, 0.1) is 11.3 Å². The Hall–Kier alpha value is -0.550. The van der Waals surface area contributed by atoms with Crippen molar-refractivity contribution in [1.82, 2.24) is 0 Å². The van der Waals surface area contributed by atoms with Crippen LogP contribution in [0.1, 0.15) is 13.3 Å². The van der Waals surface area contributed by atoms with E-state index in [0.29, 0.717) is 6.42 Å². The lowest BCUT2D eigenvalue weighted by Gasteiger charge is -1.99. The smallest absolute Gasteiger partial charge is 0.0673 e. The zero-order valence-electron chi connectivity index (χ0n) is 4.64. The minimum absolute atomic E-state index is 0.0880. The topological polar surface area (TPSA) is 33.0 Å². The number of hydrogen-bond donors (Lipinski definition) is 0. The Labute approximate surface area is 43.7 Å². The maximum atomic E-state index is 8.04. The SMILES string of the molecule is CO[C@@H](C)CC#N. The molecular weight excluding hydrogens is 90.1 g/mol. The molecule has 2 nitrogen and oxygen atoms in total. The maximum absolute atomic E-state index is 8.04. The van der Waals surface area contributed by atoms with Crippen LogP contribution in [0.3, 0.4) is 0 Å². The number of nitriles is 1. The minimum Gasteiger partial charge on any atom is -0.381 e. The fourth-order valence-corrected chi connectivity index (χ4v) is 0.212. The van der Waals surface area contributed by atoms with Gasteiger partial charge in [-0.3, -0.25) is 0 Å². The van der Waals surface area contributed by atoms with Crippen LogP contribution < -0.4 is 0 Å². The molecule has 0 aliphatic rings. The molecule has 0 heterocycles. The second kappa shape index (κ2) is 3.63. The average Bonchev–Trinajstić information content (AvgIpc) is 1.68. The predicted octanol–water partition coefficient (Wildman–Crippen LogP) is 0.935. The summed E-state index contributed by atoms with van der Waals surface area (Å²) in [5.74, 6) is 0. The quantitative estimate of drug-likeness (QED) is 0.516. The van der Waals surface area contributed by atoms with Crippen LogP contribution in [0.4, 0.5) is 0 Å². The van der Waals surface area contributed by atoms with Crippen LogP contribution in [-0.4, -0.2) is 13.2 Å². The lowest BCUT2D eigenvalue weighted by atomic mass is 10.3. The Morgan fingerprint density at radius 2 is 2.43 bits per heavy atom. The lowest BCUT2D eigenvalue weighted by molar-refractivity contribution is 0.122. The highest BCUT2D eigenvalue weighted by molar-refractivity contribution is 4.72. The molecule has 0 spiro atoms. The summed E-state index contributed by atoms with van der Waals surface area (Å²) in [5, 5.41) is 8.04. The van der Waals surface area contributed by atoms with E-state index in [1.165, 1.54) is 0 Å². The van der Waals surface area contributed by atoms with Gasteiger partial charge >= 0.3 is 0 Å². The van der Waals surface area contributed by atoms with Crippen molar-refractivity contribution in [3.8, 4) is 6.07 Å². The maximum Gasteiger partial charge on any atom is 0.0673 e. The molecule has 0 amide bonds. The fraction of sp³-hybridized carbons (Fsp3) is 0.800. The Balaban J connectivity index is 3.03. The highest BCUT2D eigenvalue weighted by Crippen LogP contribution is 1.90. The average molecular weight is 99.1 g/mol. The van der Waals surface area contributed by atoms with Crippen molar-refractivity contribution in [1.29, 1.82) is 5.26 Å². The van der Waals surface area contributed by atoms with Crippen molar-refractivity contribution in [3.63, 3.8) is 0 Å². The van der Waals surface area contributed by atoms with Crippen LogP contribution in [0.2, 0.25) is 0 Å². The summed E-state index contributed by atoms with van der Waals surface area (Å²) in [6.07, 6.45) is 0.571. The summed E-state index contributed by atoms with van der Waals surface area (Å²) >= 11 is 0. The van der Waals surface area contributed by atoms with Gasteiger partial charge in [-0.15, -0.1) is 0 Å². The third-order valence-corrected chi connectivity index (χ3v) is 0.781. The standard InChI is InChI=1S/C5H9NO/c1-5(7-2)3-4-6/h5H,3H2,1-2H3/t5-/m0/s1. The molecule has 0 N–H and O–H groups in total. The number of hydrogen-bond acceptors (Lipinski definition) is 2. The zero-order chi connectivity index (χ0) is 5.70. The molecule has 0 unspecified atom stereocenters. The first-order valence-electron chi connectivity index (χ1n) is 2.21. The van der Waals surface area contributed by atoms with Crippen molar-refractivity contribution in [2.24, 2.45) is 0 Å². The molecule has 1 atom stereocenters. The first-order chi connectivity index (χ1) is 3.31. The highest BCUT2D eigenvalue weighted by Gasteiger charge is 1.93. The molecule has 0 radical (unpaired) electrons. The molecule has 0 bridgehead atoms. The molecule has 0 fully saturated rings. The van der Waals surface area contributed by atoms with Gasteiger partial charge in [0.05, 0.1) is 18.6 Å². The molecule has 0 aliphatic carbocycles. The summed E-state index contributed by atoms with van der Waals surface area (Å²) < 4.78 is 4.77. The normalized spacial score (nSPS) is 12.7. The Morgan fingerprint density at radius 1 is 1.86 bits per heavy atom. The van der Waals surface area contributed by atoms with Crippen molar-refractivity contribution >= 4 is 0 Å². The number of ether oxygens (including phenoxy) is 1. The molecule has 0 aromatic rings. The van der Waals surface area contributed by atoms with Crippen molar-refractivity contribution in [3.05, 3.63) is 0 Å². The monoisotopic (exact) mass is 99.1 g/mol. The predicted molar refractivity (Wildman–Crippen MR) is 26.7 cm³/mol. The second-order valence-electron chi connectivity index (χ2n) is 1.41. The Morgan fingerprint density at radius 3 is 2.57 bits per heavy atom. The number of methoxy groups -OCH3 is 1. The summed E-state index contributed by atoms with van der Waals surface area (Å²) in [6, 6.07) is 1.99. The summed E-state index contributed by atoms with van der Waals surface area (Å²) in [6.45, 7) is 1.86. The van der Waals surface area contributed by atoms with E-state index in [-0.39, 0.29) is 6.10 Å². The van der Waals surface area contributed by atoms with Crippen LogP contribution in [0.25, 0.3) is 0 Å². The number of rotatable bonds is 2. The molecule has 0 saturated heterocycles. The molecule has 0 aromatic carbocycles. The second-order valence-corrected chi connectivity index (χ2v) is 1.41. The van der Waals surface area contributed by atoms with Gasteiger partial charge in [-0.25, -0.2) is 0 Å². The molecule has 7 heavy (non-hydrogen) atoms. The molecular formula is C5H9NO. The van der Waals surface area contributed by atoms with E-state index in [9.17, 15) is 0 Å². The van der Waals surface area contributed by atoms with E-state index < -0.39 is 0 Å². The third-order valence-electron chi connectivity index (χ3n) is 0.781. The molecule has 40 valence electrons. The van der Waals surface area contributed by atoms with Crippen LogP contribution in [0.15, 0.2) is 0 Å². The van der Waals surface area contributed by atoms with Crippen LogP contribution in [-0.2, 0) is 4.74 Å².